The summed E-state index contributed by atoms with van der Waals surface area (Å²) in [7, 11) is 1.47. The summed E-state index contributed by atoms with van der Waals surface area (Å²) in [5.41, 5.74) is 6.28. The van der Waals surface area contributed by atoms with Crippen LogP contribution in [-0.2, 0) is 9.59 Å². The van der Waals surface area contributed by atoms with Crippen LogP contribution < -0.4 is 24.6 Å². The summed E-state index contributed by atoms with van der Waals surface area (Å²) in [6.45, 7) is 5.69. The van der Waals surface area contributed by atoms with Crippen LogP contribution in [0.3, 0.4) is 0 Å². The van der Waals surface area contributed by atoms with E-state index in [-0.39, 0.29) is 29.0 Å². The Kier molecular flexibility index (Phi) is 8.50. The molecule has 0 unspecified atom stereocenters. The molecule has 4 aromatic carbocycles. The molecular weight excluding hydrogens is 626 g/mol. The number of nitrogens with zero attached hydrogens (tertiary/aromatic N) is 2. The molecule has 0 bridgehead atoms. The van der Waals surface area contributed by atoms with Gasteiger partial charge in [0.15, 0.2) is 11.5 Å². The molecule has 48 heavy (non-hydrogen) atoms. The standard InChI is InChI=1S/C39H34ClN3O5/c1-3-18-48-36-33(40)20-24(21-34(36)47-2)19-32-37(44)41-39(46)43(38(32)45)27-22-30-28(25-10-6-4-7-11-25)14-16-42-17-15-29(31(23-27)35(30)42)26-12-8-5-9-13-26/h3-13,19-23,28-29H,1,14-18H2,2H3,(H,41,44,46)/b32-19+/t28-,29-/m0/s1. The number of barbiturate groups is 1. The van der Waals surface area contributed by atoms with Crippen LogP contribution in [-0.4, -0.2) is 44.7 Å². The lowest BCUT2D eigenvalue weighted by Crippen LogP contribution is -2.54. The Hall–Kier alpha value is -5.34. The summed E-state index contributed by atoms with van der Waals surface area (Å²) in [5.74, 6) is -0.740. The third-order valence-electron chi connectivity index (χ3n) is 9.27. The lowest BCUT2D eigenvalue weighted by atomic mass is 9.76. The first-order chi connectivity index (χ1) is 23.4. The van der Waals surface area contributed by atoms with E-state index in [0.29, 0.717) is 22.7 Å². The van der Waals surface area contributed by atoms with E-state index in [9.17, 15) is 14.4 Å². The van der Waals surface area contributed by atoms with Gasteiger partial charge in [-0.05, 0) is 71.0 Å². The number of halogens is 1. The number of amides is 4. The number of methoxy groups -OCH3 is 1. The van der Waals surface area contributed by atoms with Crippen molar-refractivity contribution in [2.24, 2.45) is 0 Å². The summed E-state index contributed by atoms with van der Waals surface area (Å²) in [6.07, 6.45) is 4.79. The van der Waals surface area contributed by atoms with Crippen molar-refractivity contribution >= 4 is 46.9 Å². The number of carbonyl (C=O) groups is 3. The molecule has 4 aromatic rings. The monoisotopic (exact) mass is 659 g/mol. The Morgan fingerprint density at radius 1 is 0.896 bits per heavy atom. The average Bonchev–Trinajstić information content (AvgIpc) is 3.10. The molecule has 4 amide bonds. The second-order valence-corrected chi connectivity index (χ2v) is 12.5. The summed E-state index contributed by atoms with van der Waals surface area (Å²) in [4.78, 5) is 44.4. The molecule has 0 radical (unpaired) electrons. The quantitative estimate of drug-likeness (QED) is 0.120. The van der Waals surface area contributed by atoms with Crippen molar-refractivity contribution in [3.63, 3.8) is 0 Å². The highest BCUT2D eigenvalue weighted by molar-refractivity contribution is 6.39. The molecule has 1 N–H and O–H groups in total. The number of rotatable bonds is 8. The zero-order valence-corrected chi connectivity index (χ0v) is 27.2. The van der Waals surface area contributed by atoms with Crippen LogP contribution in [0.2, 0.25) is 5.02 Å². The Labute approximate surface area is 284 Å². The number of imide groups is 2. The van der Waals surface area contributed by atoms with Gasteiger partial charge in [-0.1, -0.05) is 84.9 Å². The molecule has 7 rings (SSSR count). The predicted molar refractivity (Wildman–Crippen MR) is 187 cm³/mol. The number of hydrogen-bond acceptors (Lipinski definition) is 6. The van der Waals surface area contributed by atoms with Crippen LogP contribution in [0.5, 0.6) is 11.5 Å². The fraction of sp³-hybridized carbons (Fsp3) is 0.205. The Balaban J connectivity index is 1.35. The van der Waals surface area contributed by atoms with Crippen molar-refractivity contribution in [1.29, 1.82) is 0 Å². The Morgan fingerprint density at radius 2 is 1.50 bits per heavy atom. The SMILES string of the molecule is C=CCOc1c(Cl)cc(/C=C2\C(=O)NC(=O)N(c3cc4c5c(c3)[C@H](c3ccccc3)CCN5CC[C@H]4c3ccccc3)C2=O)cc1OC. The molecule has 2 atom stereocenters. The van der Waals surface area contributed by atoms with Gasteiger partial charge in [0.25, 0.3) is 11.8 Å². The minimum absolute atomic E-state index is 0.0710. The summed E-state index contributed by atoms with van der Waals surface area (Å²) < 4.78 is 11.1. The molecular formula is C39H34ClN3O5. The van der Waals surface area contributed by atoms with Gasteiger partial charge in [-0.15, -0.1) is 0 Å². The fourth-order valence-corrected chi connectivity index (χ4v) is 7.41. The average molecular weight is 660 g/mol. The van der Waals surface area contributed by atoms with E-state index in [0.717, 1.165) is 47.6 Å². The van der Waals surface area contributed by atoms with E-state index in [1.165, 1.54) is 24.3 Å². The number of hydrogen-bond donors (Lipinski definition) is 1. The molecule has 242 valence electrons. The van der Waals surface area contributed by atoms with Gasteiger partial charge in [0.05, 0.1) is 17.8 Å². The summed E-state index contributed by atoms with van der Waals surface area (Å²) in [6, 6.07) is 27.0. The van der Waals surface area contributed by atoms with E-state index in [1.54, 1.807) is 18.2 Å². The van der Waals surface area contributed by atoms with Crippen molar-refractivity contribution in [2.75, 3.05) is 36.6 Å². The maximum atomic E-state index is 14.2. The first kappa shape index (κ1) is 31.3. The molecule has 0 saturated carbocycles. The number of carbonyl (C=O) groups excluding carboxylic acids is 3. The molecule has 1 saturated heterocycles. The van der Waals surface area contributed by atoms with E-state index in [1.807, 2.05) is 48.5 Å². The van der Waals surface area contributed by atoms with Crippen molar-refractivity contribution in [2.45, 2.75) is 24.7 Å². The highest BCUT2D eigenvalue weighted by atomic mass is 35.5. The van der Waals surface area contributed by atoms with E-state index < -0.39 is 17.8 Å². The van der Waals surface area contributed by atoms with Gasteiger partial charge in [0.2, 0.25) is 0 Å². The number of ether oxygens (including phenoxy) is 2. The lowest BCUT2D eigenvalue weighted by Gasteiger charge is -2.44. The smallest absolute Gasteiger partial charge is 0.335 e. The van der Waals surface area contributed by atoms with Crippen molar-refractivity contribution in [3.05, 3.63) is 136 Å². The molecule has 0 aliphatic carbocycles. The Bertz CT molecular complexity index is 1890. The highest BCUT2D eigenvalue weighted by Gasteiger charge is 2.40. The molecule has 0 spiro atoms. The maximum absolute atomic E-state index is 14.2. The minimum atomic E-state index is -0.797. The summed E-state index contributed by atoms with van der Waals surface area (Å²) >= 11 is 6.51. The van der Waals surface area contributed by atoms with Gasteiger partial charge in [-0.25, -0.2) is 9.69 Å². The second kappa shape index (κ2) is 13.0. The topological polar surface area (TPSA) is 88.2 Å². The van der Waals surface area contributed by atoms with Gasteiger partial charge in [-0.2, -0.15) is 0 Å². The van der Waals surface area contributed by atoms with Crippen LogP contribution in [0.4, 0.5) is 16.2 Å². The van der Waals surface area contributed by atoms with Crippen LogP contribution in [0.1, 0.15) is 52.5 Å². The maximum Gasteiger partial charge on any atom is 0.335 e. The number of anilines is 2. The molecule has 8 nitrogen and oxygen atoms in total. The minimum Gasteiger partial charge on any atom is -0.493 e. The molecule has 3 aliphatic rings. The normalized spacial score (nSPS) is 19.5. The van der Waals surface area contributed by atoms with Gasteiger partial charge in [-0.3, -0.25) is 14.9 Å². The number of benzene rings is 4. The van der Waals surface area contributed by atoms with Crippen molar-refractivity contribution in [1.82, 2.24) is 5.32 Å². The van der Waals surface area contributed by atoms with Crippen LogP contribution in [0.25, 0.3) is 6.08 Å². The van der Waals surface area contributed by atoms with Gasteiger partial charge in [0, 0.05) is 30.6 Å². The van der Waals surface area contributed by atoms with Crippen LogP contribution in [0, 0.1) is 0 Å². The number of urea groups is 1. The first-order valence-corrected chi connectivity index (χ1v) is 16.3. The van der Waals surface area contributed by atoms with E-state index >= 15 is 0 Å². The Morgan fingerprint density at radius 3 is 2.06 bits per heavy atom. The lowest BCUT2D eigenvalue weighted by molar-refractivity contribution is -0.122. The second-order valence-electron chi connectivity index (χ2n) is 12.1. The van der Waals surface area contributed by atoms with Gasteiger partial charge < -0.3 is 14.4 Å². The summed E-state index contributed by atoms with van der Waals surface area (Å²) in [5, 5.41) is 2.62. The highest BCUT2D eigenvalue weighted by Crippen LogP contribution is 2.50. The van der Waals surface area contributed by atoms with Crippen molar-refractivity contribution in [3.8, 4) is 11.5 Å². The van der Waals surface area contributed by atoms with Crippen LogP contribution >= 0.6 is 11.6 Å². The largest absolute Gasteiger partial charge is 0.493 e. The van der Waals surface area contributed by atoms with Gasteiger partial charge in [0.1, 0.15) is 12.2 Å². The zero-order chi connectivity index (χ0) is 33.4. The fourth-order valence-electron chi connectivity index (χ4n) is 7.13. The zero-order valence-electron chi connectivity index (χ0n) is 26.4. The molecule has 9 heteroatoms. The first-order valence-electron chi connectivity index (χ1n) is 15.9. The van der Waals surface area contributed by atoms with Crippen LogP contribution in [0.15, 0.2) is 103 Å². The number of nitrogens with one attached hydrogen (secondary N) is 1. The van der Waals surface area contributed by atoms with E-state index in [2.05, 4.69) is 41.1 Å². The predicted octanol–water partition coefficient (Wildman–Crippen LogP) is 7.46. The third-order valence-corrected chi connectivity index (χ3v) is 9.55. The van der Waals surface area contributed by atoms with E-state index in [4.69, 9.17) is 21.1 Å². The third kappa shape index (κ3) is 5.62. The molecule has 1 fully saturated rings. The molecule has 3 aliphatic heterocycles. The van der Waals surface area contributed by atoms with Crippen molar-refractivity contribution < 1.29 is 23.9 Å². The molecule has 0 aromatic heterocycles. The molecule has 3 heterocycles. The van der Waals surface area contributed by atoms with Gasteiger partial charge >= 0.3 is 6.03 Å².